The third kappa shape index (κ3) is 3.09. The number of nitrogens with zero attached hydrogens (tertiary/aromatic N) is 1. The van der Waals surface area contributed by atoms with E-state index >= 15 is 0 Å². The molecule has 0 saturated carbocycles. The van der Waals surface area contributed by atoms with Crippen LogP contribution in [0, 0.1) is 6.92 Å². The fourth-order valence-corrected chi connectivity index (χ4v) is 3.73. The molecule has 2 heterocycles. The van der Waals surface area contributed by atoms with Gasteiger partial charge in [-0.05, 0) is 69.3 Å². The molecule has 114 valence electrons. The molecular weight excluding hydrogens is 284 g/mol. The summed E-state index contributed by atoms with van der Waals surface area (Å²) in [5, 5.41) is 4.29. The van der Waals surface area contributed by atoms with Gasteiger partial charge in [0.05, 0.1) is 0 Å². The van der Waals surface area contributed by atoms with Gasteiger partial charge in [0, 0.05) is 29.2 Å². The first-order chi connectivity index (χ1) is 10.2. The Morgan fingerprint density at radius 3 is 2.86 bits per heavy atom. The number of likely N-dealkylation sites (tertiary alicyclic amines) is 1. The second-order valence-electron chi connectivity index (χ2n) is 6.23. The predicted octanol–water partition coefficient (Wildman–Crippen LogP) is 3.40. The fourth-order valence-electron chi connectivity index (χ4n) is 3.61. The first-order valence-electron chi connectivity index (χ1n) is 7.97. The van der Waals surface area contributed by atoms with Gasteiger partial charge in [-0.2, -0.15) is 0 Å². The summed E-state index contributed by atoms with van der Waals surface area (Å²) in [5.41, 5.74) is 1.73. The van der Waals surface area contributed by atoms with Crippen molar-refractivity contribution in [2.45, 2.75) is 51.1 Å². The highest BCUT2D eigenvalue weighted by Gasteiger charge is 2.34. The summed E-state index contributed by atoms with van der Waals surface area (Å²) in [6.45, 7) is 3.91. The maximum absolute atomic E-state index is 12.9. The summed E-state index contributed by atoms with van der Waals surface area (Å²) in [5.74, 6) is 0.160. The lowest BCUT2D eigenvalue weighted by Crippen LogP contribution is -2.52. The van der Waals surface area contributed by atoms with Gasteiger partial charge < -0.3 is 10.2 Å². The average molecular weight is 307 g/mol. The minimum absolute atomic E-state index is 0.160. The molecule has 3 rings (SSSR count). The molecule has 0 spiro atoms. The Balaban J connectivity index is 1.81. The van der Waals surface area contributed by atoms with E-state index in [0.29, 0.717) is 12.1 Å². The van der Waals surface area contributed by atoms with Gasteiger partial charge in [0.25, 0.3) is 5.91 Å². The Labute approximate surface area is 131 Å². The molecule has 1 amide bonds. The van der Waals surface area contributed by atoms with Crippen LogP contribution in [-0.2, 0) is 0 Å². The average Bonchev–Trinajstić information content (AvgIpc) is 3.03. The van der Waals surface area contributed by atoms with Gasteiger partial charge in [-0.1, -0.05) is 11.6 Å². The molecule has 1 N–H and O–H groups in total. The van der Waals surface area contributed by atoms with Crippen molar-refractivity contribution >= 4 is 17.5 Å². The zero-order valence-electron chi connectivity index (χ0n) is 12.6. The van der Waals surface area contributed by atoms with Gasteiger partial charge in [0.1, 0.15) is 0 Å². The maximum Gasteiger partial charge on any atom is 0.254 e. The number of benzene rings is 1. The second kappa shape index (κ2) is 6.37. The Hall–Kier alpha value is -1.06. The Bertz CT molecular complexity index is 526. The van der Waals surface area contributed by atoms with Gasteiger partial charge in [0.2, 0.25) is 0 Å². The first-order valence-corrected chi connectivity index (χ1v) is 8.35. The SMILES string of the molecule is Cc1cc(C(=O)N2CCCCC2C2CCCN2)ccc1Cl. The summed E-state index contributed by atoms with van der Waals surface area (Å²) < 4.78 is 0. The Morgan fingerprint density at radius 2 is 2.14 bits per heavy atom. The van der Waals surface area contributed by atoms with Crippen molar-refractivity contribution in [2.75, 3.05) is 13.1 Å². The number of nitrogens with one attached hydrogen (secondary N) is 1. The Morgan fingerprint density at radius 1 is 1.29 bits per heavy atom. The van der Waals surface area contributed by atoms with Crippen LogP contribution < -0.4 is 5.32 Å². The smallest absolute Gasteiger partial charge is 0.254 e. The topological polar surface area (TPSA) is 32.3 Å². The van der Waals surface area contributed by atoms with Crippen molar-refractivity contribution in [3.63, 3.8) is 0 Å². The zero-order chi connectivity index (χ0) is 14.8. The molecule has 4 heteroatoms. The third-order valence-electron chi connectivity index (χ3n) is 4.78. The van der Waals surface area contributed by atoms with Crippen molar-refractivity contribution in [1.29, 1.82) is 0 Å². The molecule has 21 heavy (non-hydrogen) atoms. The van der Waals surface area contributed by atoms with E-state index in [1.807, 2.05) is 25.1 Å². The van der Waals surface area contributed by atoms with Crippen LogP contribution in [0.5, 0.6) is 0 Å². The van der Waals surface area contributed by atoms with Crippen LogP contribution in [-0.4, -0.2) is 36.0 Å². The van der Waals surface area contributed by atoms with Crippen LogP contribution in [0.3, 0.4) is 0 Å². The number of aryl methyl sites for hydroxylation is 1. The summed E-state index contributed by atoms with van der Waals surface area (Å²) in [7, 11) is 0. The van der Waals surface area contributed by atoms with E-state index in [0.717, 1.165) is 42.1 Å². The van der Waals surface area contributed by atoms with Crippen molar-refractivity contribution < 1.29 is 4.79 Å². The van der Waals surface area contributed by atoms with Crippen LogP contribution in [0.25, 0.3) is 0 Å². The molecule has 0 radical (unpaired) electrons. The lowest BCUT2D eigenvalue weighted by atomic mass is 9.93. The van der Waals surface area contributed by atoms with Crippen LogP contribution >= 0.6 is 11.6 Å². The van der Waals surface area contributed by atoms with Crippen LogP contribution in [0.2, 0.25) is 5.02 Å². The molecule has 1 aromatic carbocycles. The molecule has 0 aliphatic carbocycles. The number of rotatable bonds is 2. The van der Waals surface area contributed by atoms with E-state index in [2.05, 4.69) is 10.2 Å². The van der Waals surface area contributed by atoms with E-state index in [1.165, 1.54) is 19.3 Å². The number of carbonyl (C=O) groups excluding carboxylic acids is 1. The maximum atomic E-state index is 12.9. The number of piperidine rings is 1. The monoisotopic (exact) mass is 306 g/mol. The van der Waals surface area contributed by atoms with E-state index in [1.54, 1.807) is 0 Å². The summed E-state index contributed by atoms with van der Waals surface area (Å²) >= 11 is 6.07. The highest BCUT2D eigenvalue weighted by molar-refractivity contribution is 6.31. The van der Waals surface area contributed by atoms with Gasteiger partial charge in [-0.3, -0.25) is 4.79 Å². The number of carbonyl (C=O) groups is 1. The van der Waals surface area contributed by atoms with Crippen molar-refractivity contribution in [1.82, 2.24) is 10.2 Å². The molecule has 0 bridgehead atoms. The number of hydrogen-bond acceptors (Lipinski definition) is 2. The minimum atomic E-state index is 0.160. The fraction of sp³-hybridized carbons (Fsp3) is 0.588. The molecule has 2 unspecified atom stereocenters. The number of halogens is 1. The quantitative estimate of drug-likeness (QED) is 0.908. The molecular formula is C17H23ClN2O. The molecule has 2 aliphatic heterocycles. The van der Waals surface area contributed by atoms with Gasteiger partial charge in [-0.25, -0.2) is 0 Å². The van der Waals surface area contributed by atoms with E-state index in [4.69, 9.17) is 11.6 Å². The summed E-state index contributed by atoms with van der Waals surface area (Å²) in [6.07, 6.45) is 5.88. The molecule has 2 atom stereocenters. The van der Waals surface area contributed by atoms with Gasteiger partial charge in [-0.15, -0.1) is 0 Å². The number of amides is 1. The van der Waals surface area contributed by atoms with Crippen molar-refractivity contribution in [3.05, 3.63) is 34.3 Å². The predicted molar refractivity (Wildman–Crippen MR) is 85.9 cm³/mol. The minimum Gasteiger partial charge on any atom is -0.334 e. The highest BCUT2D eigenvalue weighted by atomic mass is 35.5. The van der Waals surface area contributed by atoms with E-state index in [-0.39, 0.29) is 5.91 Å². The second-order valence-corrected chi connectivity index (χ2v) is 6.64. The number of hydrogen-bond donors (Lipinski definition) is 1. The molecule has 1 aromatic rings. The highest BCUT2D eigenvalue weighted by Crippen LogP contribution is 2.26. The summed E-state index contributed by atoms with van der Waals surface area (Å²) in [4.78, 5) is 15.0. The molecule has 2 fully saturated rings. The molecule has 0 aromatic heterocycles. The normalized spacial score (nSPS) is 26.1. The lowest BCUT2D eigenvalue weighted by Gasteiger charge is -2.39. The van der Waals surface area contributed by atoms with Crippen molar-refractivity contribution in [2.24, 2.45) is 0 Å². The zero-order valence-corrected chi connectivity index (χ0v) is 13.3. The largest absolute Gasteiger partial charge is 0.334 e. The molecule has 2 saturated heterocycles. The Kier molecular flexibility index (Phi) is 4.51. The summed E-state index contributed by atoms with van der Waals surface area (Å²) in [6, 6.07) is 6.42. The third-order valence-corrected chi connectivity index (χ3v) is 5.20. The standard InChI is InChI=1S/C17H23ClN2O/c1-12-11-13(7-8-14(12)18)17(21)20-10-3-2-6-16(20)15-5-4-9-19-15/h7-8,11,15-16,19H,2-6,9-10H2,1H3. The van der Waals surface area contributed by atoms with Crippen LogP contribution in [0.1, 0.15) is 48.0 Å². The molecule has 2 aliphatic rings. The lowest BCUT2D eigenvalue weighted by molar-refractivity contribution is 0.0563. The molecule has 3 nitrogen and oxygen atoms in total. The van der Waals surface area contributed by atoms with E-state index in [9.17, 15) is 4.79 Å². The first kappa shape index (κ1) is 14.9. The van der Waals surface area contributed by atoms with Gasteiger partial charge >= 0.3 is 0 Å². The van der Waals surface area contributed by atoms with Crippen molar-refractivity contribution in [3.8, 4) is 0 Å². The van der Waals surface area contributed by atoms with Crippen LogP contribution in [0.4, 0.5) is 0 Å². The van der Waals surface area contributed by atoms with Crippen LogP contribution in [0.15, 0.2) is 18.2 Å². The van der Waals surface area contributed by atoms with E-state index < -0.39 is 0 Å². The van der Waals surface area contributed by atoms with Gasteiger partial charge in [0.15, 0.2) is 0 Å².